The largest absolute Gasteiger partial charge is 0.481 e. The van der Waals surface area contributed by atoms with Crippen molar-refractivity contribution < 1.29 is 19.4 Å². The molecule has 164 valence electrons. The molecule has 4 rings (SSSR count). The van der Waals surface area contributed by atoms with E-state index in [2.05, 4.69) is 4.98 Å². The molecule has 1 saturated heterocycles. The number of hydrogen-bond acceptors (Lipinski definition) is 4. The third-order valence-electron chi connectivity index (χ3n) is 6.19. The van der Waals surface area contributed by atoms with Crippen molar-refractivity contribution in [2.24, 2.45) is 0 Å². The van der Waals surface area contributed by atoms with Crippen LogP contribution < -0.4 is 0 Å². The van der Waals surface area contributed by atoms with Crippen LogP contribution in [0, 0.1) is 0 Å². The highest BCUT2D eigenvalue weighted by molar-refractivity contribution is 5.71. The van der Waals surface area contributed by atoms with E-state index in [0.29, 0.717) is 13.0 Å². The maximum Gasteiger partial charge on any atom is 0.411 e. The molecule has 1 aliphatic heterocycles. The number of cyclic esters (lactones) is 1. The molecule has 1 aromatic heterocycles. The smallest absolute Gasteiger partial charge is 0.411 e. The highest BCUT2D eigenvalue weighted by atomic mass is 16.6. The van der Waals surface area contributed by atoms with Gasteiger partial charge in [-0.15, -0.1) is 0 Å². The first-order valence-corrected chi connectivity index (χ1v) is 10.8. The van der Waals surface area contributed by atoms with Crippen LogP contribution in [0.2, 0.25) is 0 Å². The number of carboxylic acids is 1. The van der Waals surface area contributed by atoms with Crippen molar-refractivity contribution in [3.05, 3.63) is 90.3 Å². The molecule has 2 heterocycles. The van der Waals surface area contributed by atoms with Gasteiger partial charge in [0.05, 0.1) is 6.04 Å². The number of amides is 1. The topological polar surface area (TPSA) is 79.7 Å². The van der Waals surface area contributed by atoms with E-state index in [0.717, 1.165) is 22.3 Å². The van der Waals surface area contributed by atoms with E-state index in [-0.39, 0.29) is 18.9 Å². The number of carboxylic acid groups (broad SMARTS) is 1. The Bertz CT molecular complexity index is 1070. The van der Waals surface area contributed by atoms with Gasteiger partial charge in [-0.3, -0.25) is 9.78 Å². The molecule has 0 aliphatic carbocycles. The molecule has 1 aliphatic rings. The van der Waals surface area contributed by atoms with Crippen LogP contribution >= 0.6 is 0 Å². The number of nitrogens with zero attached hydrogens (tertiary/aromatic N) is 2. The molecule has 32 heavy (non-hydrogen) atoms. The fourth-order valence-corrected chi connectivity index (χ4v) is 4.27. The molecule has 2 atom stereocenters. The molecule has 2 aromatic carbocycles. The van der Waals surface area contributed by atoms with E-state index in [1.807, 2.05) is 73.7 Å². The molecule has 0 bridgehead atoms. The molecule has 1 unspecified atom stereocenters. The van der Waals surface area contributed by atoms with E-state index >= 15 is 0 Å². The average Bonchev–Trinajstić information content (AvgIpc) is 2.83. The molecule has 0 radical (unpaired) electrons. The van der Waals surface area contributed by atoms with Crippen LogP contribution in [0.4, 0.5) is 4.79 Å². The number of carbonyl (C=O) groups is 2. The lowest BCUT2D eigenvalue weighted by Gasteiger charge is -2.43. The van der Waals surface area contributed by atoms with Gasteiger partial charge in [0.2, 0.25) is 0 Å². The normalized spacial score (nSPS) is 19.3. The molecule has 1 fully saturated rings. The van der Waals surface area contributed by atoms with E-state index in [1.54, 1.807) is 17.3 Å². The van der Waals surface area contributed by atoms with Gasteiger partial charge in [0.15, 0.2) is 0 Å². The van der Waals surface area contributed by atoms with E-state index in [9.17, 15) is 14.7 Å². The Kier molecular flexibility index (Phi) is 6.21. The summed E-state index contributed by atoms with van der Waals surface area (Å²) in [5.74, 6) is -0.901. The highest BCUT2D eigenvalue weighted by Gasteiger charge is 2.43. The minimum absolute atomic E-state index is 0.0613. The second-order valence-electron chi connectivity index (χ2n) is 8.10. The quantitative estimate of drug-likeness (QED) is 0.542. The molecule has 3 aromatic rings. The van der Waals surface area contributed by atoms with Crippen LogP contribution in [-0.4, -0.2) is 33.6 Å². The van der Waals surface area contributed by atoms with E-state index in [1.165, 1.54) is 0 Å². The van der Waals surface area contributed by atoms with Crippen LogP contribution in [-0.2, 0) is 15.1 Å². The van der Waals surface area contributed by atoms with Gasteiger partial charge in [0.1, 0.15) is 5.60 Å². The van der Waals surface area contributed by atoms with E-state index in [4.69, 9.17) is 4.74 Å². The maximum absolute atomic E-state index is 13.1. The highest BCUT2D eigenvalue weighted by Crippen LogP contribution is 2.40. The zero-order valence-corrected chi connectivity index (χ0v) is 18.0. The van der Waals surface area contributed by atoms with Gasteiger partial charge in [-0.25, -0.2) is 4.79 Å². The third-order valence-corrected chi connectivity index (χ3v) is 6.19. The summed E-state index contributed by atoms with van der Waals surface area (Å²) in [6.07, 6.45) is 3.83. The Morgan fingerprint density at radius 1 is 1.06 bits per heavy atom. The van der Waals surface area contributed by atoms with Gasteiger partial charge in [0, 0.05) is 38.2 Å². The van der Waals surface area contributed by atoms with Crippen LogP contribution in [0.5, 0.6) is 0 Å². The standard InChI is InChI=1S/C26H26N2O4/c1-19(20-7-9-21(10-8-20)22-12-16-27-17-13-22)28-18-15-26(32-25(28)31,14-11-24(29)30)23-5-3-2-4-6-23/h2-10,12-13,16-17,19H,11,14-15,18H2,1H3,(H,29,30)/t19-,26?/m0/s1. The predicted molar refractivity (Wildman–Crippen MR) is 121 cm³/mol. The number of rotatable bonds is 7. The summed E-state index contributed by atoms with van der Waals surface area (Å²) in [5, 5.41) is 9.21. The lowest BCUT2D eigenvalue weighted by Crippen LogP contribution is -2.48. The molecule has 1 amide bonds. The van der Waals surface area contributed by atoms with Gasteiger partial charge in [-0.05, 0) is 41.3 Å². The summed E-state index contributed by atoms with van der Waals surface area (Å²) < 4.78 is 5.98. The lowest BCUT2D eigenvalue weighted by molar-refractivity contribution is -0.139. The lowest BCUT2D eigenvalue weighted by atomic mass is 9.84. The summed E-state index contributed by atoms with van der Waals surface area (Å²) in [5.41, 5.74) is 3.10. The summed E-state index contributed by atoms with van der Waals surface area (Å²) in [6, 6.07) is 21.3. The maximum atomic E-state index is 13.1. The third kappa shape index (κ3) is 4.49. The Morgan fingerprint density at radius 3 is 2.34 bits per heavy atom. The fourth-order valence-electron chi connectivity index (χ4n) is 4.27. The Morgan fingerprint density at radius 2 is 1.72 bits per heavy atom. The van der Waals surface area contributed by atoms with Gasteiger partial charge in [-0.1, -0.05) is 54.6 Å². The second-order valence-corrected chi connectivity index (χ2v) is 8.10. The summed E-state index contributed by atoms with van der Waals surface area (Å²) in [4.78, 5) is 30.1. The number of aliphatic carboxylic acids is 1. The minimum atomic E-state index is -0.918. The molecule has 6 heteroatoms. The average molecular weight is 431 g/mol. The summed E-state index contributed by atoms with van der Waals surface area (Å²) in [7, 11) is 0. The Hall–Kier alpha value is -3.67. The molecule has 6 nitrogen and oxygen atoms in total. The molecule has 1 N–H and O–H groups in total. The van der Waals surface area contributed by atoms with Gasteiger partial charge >= 0.3 is 12.1 Å². The van der Waals surface area contributed by atoms with Crippen molar-refractivity contribution in [3.8, 4) is 11.1 Å². The van der Waals surface area contributed by atoms with Crippen molar-refractivity contribution in [2.75, 3.05) is 6.54 Å². The van der Waals surface area contributed by atoms with Crippen molar-refractivity contribution in [2.45, 2.75) is 37.8 Å². The number of pyridine rings is 1. The van der Waals surface area contributed by atoms with Gasteiger partial charge in [-0.2, -0.15) is 0 Å². The van der Waals surface area contributed by atoms with Crippen LogP contribution in [0.3, 0.4) is 0 Å². The Balaban J connectivity index is 1.51. The summed E-state index contributed by atoms with van der Waals surface area (Å²) in [6.45, 7) is 2.47. The first-order chi connectivity index (χ1) is 15.5. The first kappa shape index (κ1) is 21.6. The minimum Gasteiger partial charge on any atom is -0.481 e. The number of carbonyl (C=O) groups excluding carboxylic acids is 1. The van der Waals surface area contributed by atoms with Crippen LogP contribution in [0.15, 0.2) is 79.1 Å². The SMILES string of the molecule is C[C@@H](c1ccc(-c2ccncc2)cc1)N1CCC(CCC(=O)O)(c2ccccc2)OC1=O. The summed E-state index contributed by atoms with van der Waals surface area (Å²) >= 11 is 0. The predicted octanol–water partition coefficient (Wildman–Crippen LogP) is 5.41. The van der Waals surface area contributed by atoms with Gasteiger partial charge in [0.25, 0.3) is 0 Å². The zero-order chi connectivity index (χ0) is 22.6. The fraction of sp³-hybridized carbons (Fsp3) is 0.269. The zero-order valence-electron chi connectivity index (χ0n) is 18.0. The van der Waals surface area contributed by atoms with Gasteiger partial charge < -0.3 is 14.7 Å². The Labute approximate surface area is 187 Å². The van der Waals surface area contributed by atoms with Crippen molar-refractivity contribution in [3.63, 3.8) is 0 Å². The van der Waals surface area contributed by atoms with E-state index < -0.39 is 17.7 Å². The van der Waals surface area contributed by atoms with Crippen LogP contribution in [0.1, 0.15) is 43.4 Å². The van der Waals surface area contributed by atoms with Crippen molar-refractivity contribution >= 4 is 12.1 Å². The number of ether oxygens (including phenoxy) is 1. The monoisotopic (exact) mass is 430 g/mol. The van der Waals surface area contributed by atoms with Crippen molar-refractivity contribution in [1.82, 2.24) is 9.88 Å². The second kappa shape index (κ2) is 9.22. The molecule has 0 saturated carbocycles. The van der Waals surface area contributed by atoms with Crippen LogP contribution in [0.25, 0.3) is 11.1 Å². The molecular weight excluding hydrogens is 404 g/mol. The first-order valence-electron chi connectivity index (χ1n) is 10.8. The molecule has 0 spiro atoms. The number of hydrogen-bond donors (Lipinski definition) is 1. The number of benzene rings is 2. The van der Waals surface area contributed by atoms with Crippen molar-refractivity contribution in [1.29, 1.82) is 0 Å². The molecular formula is C26H26N2O4. The number of aromatic nitrogens is 1.